The molecule has 1 atom stereocenters. The Balaban J connectivity index is -0.000000158. The molecule has 3 rings (SSSR count). The van der Waals surface area contributed by atoms with E-state index in [1.807, 2.05) is 12.1 Å². The zero-order valence-corrected chi connectivity index (χ0v) is 25.3. The maximum atomic E-state index is 9.01. The summed E-state index contributed by atoms with van der Waals surface area (Å²) in [5.74, 6) is 3.17. The van der Waals surface area contributed by atoms with Crippen molar-refractivity contribution in [1.29, 1.82) is 0 Å². The third kappa shape index (κ3) is 22.7. The summed E-state index contributed by atoms with van der Waals surface area (Å²) < 4.78 is 11.4. The van der Waals surface area contributed by atoms with Gasteiger partial charge in [0.1, 0.15) is 5.75 Å². The van der Waals surface area contributed by atoms with E-state index in [9.17, 15) is 0 Å². The van der Waals surface area contributed by atoms with Crippen LogP contribution < -0.4 is 0 Å². The fourth-order valence-electron chi connectivity index (χ4n) is 4.21. The third-order valence-electron chi connectivity index (χ3n) is 7.12. The van der Waals surface area contributed by atoms with Crippen LogP contribution in [-0.4, -0.2) is 30.5 Å². The molecule has 1 N–H and O–H groups in total. The second-order valence-electron chi connectivity index (χ2n) is 11.6. The van der Waals surface area contributed by atoms with Crippen molar-refractivity contribution < 1.29 is 14.6 Å². The average Bonchev–Trinajstić information content (AvgIpc) is 2.88. The highest BCUT2D eigenvalue weighted by atomic mass is 16.5. The van der Waals surface area contributed by atoms with Crippen LogP contribution >= 0.6 is 0 Å². The van der Waals surface area contributed by atoms with Crippen LogP contribution in [0.15, 0.2) is 48.5 Å². The standard InChI is InChI=1S/C14H28O2.C10H14O.C10H14.5CH4/c1-11(2)15-9-13-5-7-14(8-6-13)10-16-12(3)4;1-3-8(2)9-4-6-10(11)7-5-9;1-8(2)10-6-4-9(3)5-7-10;;;;;/h11-14H,5-10H2,1-4H3;4-8,11H,3H2,1-2H3;4-8H,1-3H3;5*1H4. The summed E-state index contributed by atoms with van der Waals surface area (Å²) in [6.45, 7) is 21.3. The van der Waals surface area contributed by atoms with E-state index in [0.29, 0.717) is 29.8 Å². The van der Waals surface area contributed by atoms with E-state index < -0.39 is 0 Å². The smallest absolute Gasteiger partial charge is 0.115 e. The first kappa shape index (κ1) is 49.8. The quantitative estimate of drug-likeness (QED) is 0.315. The van der Waals surface area contributed by atoms with Gasteiger partial charge in [0.2, 0.25) is 0 Å². The van der Waals surface area contributed by atoms with Gasteiger partial charge in [-0.3, -0.25) is 0 Å². The predicted octanol–water partition coefficient (Wildman–Crippen LogP) is 12.8. The SMILES string of the molecule is C.C.C.C.C.CC(C)OCC1CCC(COC(C)C)CC1.CCC(C)c1ccc(O)cc1.Cc1ccc(C(C)C)cc1. The summed E-state index contributed by atoms with van der Waals surface area (Å²) in [7, 11) is 0. The van der Waals surface area contributed by atoms with E-state index in [1.54, 1.807) is 12.1 Å². The van der Waals surface area contributed by atoms with Crippen molar-refractivity contribution in [2.24, 2.45) is 11.8 Å². The Morgan fingerprint density at radius 1 is 0.619 bits per heavy atom. The van der Waals surface area contributed by atoms with Crippen LogP contribution in [0, 0.1) is 18.8 Å². The Bertz CT molecular complexity index is 781. The fourth-order valence-corrected chi connectivity index (χ4v) is 4.21. The largest absolute Gasteiger partial charge is 0.508 e. The average molecular weight is 593 g/mol. The molecule has 3 heteroatoms. The Morgan fingerprint density at radius 2 is 0.976 bits per heavy atom. The molecule has 0 bridgehead atoms. The fraction of sp³-hybridized carbons (Fsp3) is 0.692. The number of ether oxygens (including phenoxy) is 2. The number of hydrogen-bond donors (Lipinski definition) is 1. The lowest BCUT2D eigenvalue weighted by atomic mass is 9.83. The molecule has 0 aliphatic heterocycles. The molecule has 1 aliphatic rings. The van der Waals surface area contributed by atoms with Gasteiger partial charge in [0.15, 0.2) is 0 Å². The first-order valence-electron chi connectivity index (χ1n) is 14.6. The molecule has 0 amide bonds. The molecule has 0 heterocycles. The minimum atomic E-state index is 0. The Hall–Kier alpha value is -1.84. The van der Waals surface area contributed by atoms with Crippen LogP contribution in [0.2, 0.25) is 0 Å². The molecule has 3 nitrogen and oxygen atoms in total. The first-order chi connectivity index (χ1) is 17.5. The van der Waals surface area contributed by atoms with Crippen LogP contribution in [-0.2, 0) is 9.47 Å². The lowest BCUT2D eigenvalue weighted by molar-refractivity contribution is 0.0129. The molecule has 42 heavy (non-hydrogen) atoms. The summed E-state index contributed by atoms with van der Waals surface area (Å²) in [6, 6.07) is 16.1. The first-order valence-corrected chi connectivity index (χ1v) is 14.6. The van der Waals surface area contributed by atoms with Crippen molar-refractivity contribution in [2.45, 2.75) is 156 Å². The van der Waals surface area contributed by atoms with Gasteiger partial charge >= 0.3 is 0 Å². The molecule has 1 fully saturated rings. The van der Waals surface area contributed by atoms with Gasteiger partial charge in [-0.1, -0.05) is 107 Å². The molecule has 2 aromatic rings. The number of rotatable bonds is 9. The van der Waals surface area contributed by atoms with Gasteiger partial charge in [-0.05, 0) is 114 Å². The maximum absolute atomic E-state index is 9.01. The molecular formula is C39H76O3. The molecule has 250 valence electrons. The van der Waals surface area contributed by atoms with E-state index in [4.69, 9.17) is 14.6 Å². The number of hydrogen-bond acceptors (Lipinski definition) is 3. The van der Waals surface area contributed by atoms with E-state index in [2.05, 4.69) is 86.6 Å². The molecule has 1 unspecified atom stereocenters. The van der Waals surface area contributed by atoms with Crippen molar-refractivity contribution in [3.8, 4) is 5.75 Å². The van der Waals surface area contributed by atoms with Crippen molar-refractivity contribution in [3.63, 3.8) is 0 Å². The van der Waals surface area contributed by atoms with E-state index in [1.165, 1.54) is 42.4 Å². The van der Waals surface area contributed by atoms with E-state index in [0.717, 1.165) is 31.5 Å². The minimum absolute atomic E-state index is 0. The normalized spacial score (nSPS) is 16.0. The maximum Gasteiger partial charge on any atom is 0.115 e. The Kier molecular flexibility index (Phi) is 33.2. The van der Waals surface area contributed by atoms with Gasteiger partial charge in [-0.15, -0.1) is 0 Å². The summed E-state index contributed by atoms with van der Waals surface area (Å²) >= 11 is 0. The summed E-state index contributed by atoms with van der Waals surface area (Å²) in [5.41, 5.74) is 4.06. The summed E-state index contributed by atoms with van der Waals surface area (Å²) in [4.78, 5) is 0. The Labute approximate surface area is 265 Å². The molecule has 0 aromatic heterocycles. The zero-order chi connectivity index (χ0) is 27.8. The van der Waals surface area contributed by atoms with Crippen LogP contribution in [0.4, 0.5) is 0 Å². The van der Waals surface area contributed by atoms with Crippen molar-refractivity contribution >= 4 is 0 Å². The number of phenolic OH excluding ortho intramolecular Hbond substituents is 1. The molecule has 2 aromatic carbocycles. The van der Waals surface area contributed by atoms with Crippen LogP contribution in [0.1, 0.15) is 153 Å². The van der Waals surface area contributed by atoms with Gasteiger partial charge in [0, 0.05) is 13.2 Å². The van der Waals surface area contributed by atoms with Gasteiger partial charge in [-0.25, -0.2) is 0 Å². The monoisotopic (exact) mass is 593 g/mol. The van der Waals surface area contributed by atoms with Gasteiger partial charge in [0.05, 0.1) is 12.2 Å². The molecule has 0 radical (unpaired) electrons. The molecular weight excluding hydrogens is 516 g/mol. The van der Waals surface area contributed by atoms with Gasteiger partial charge in [0.25, 0.3) is 0 Å². The number of aryl methyl sites for hydroxylation is 1. The highest BCUT2D eigenvalue weighted by Gasteiger charge is 2.21. The second kappa shape index (κ2) is 28.0. The highest BCUT2D eigenvalue weighted by molar-refractivity contribution is 5.27. The van der Waals surface area contributed by atoms with E-state index >= 15 is 0 Å². The van der Waals surface area contributed by atoms with Crippen LogP contribution in [0.5, 0.6) is 5.75 Å². The molecule has 1 aliphatic carbocycles. The van der Waals surface area contributed by atoms with Crippen LogP contribution in [0.25, 0.3) is 0 Å². The molecule has 0 saturated heterocycles. The molecule has 0 spiro atoms. The lowest BCUT2D eigenvalue weighted by Gasteiger charge is -2.29. The third-order valence-corrected chi connectivity index (χ3v) is 7.12. The number of aromatic hydroxyl groups is 1. The zero-order valence-electron chi connectivity index (χ0n) is 25.3. The number of phenols is 1. The van der Waals surface area contributed by atoms with E-state index in [-0.39, 0.29) is 37.1 Å². The highest BCUT2D eigenvalue weighted by Crippen LogP contribution is 2.29. The number of benzene rings is 2. The van der Waals surface area contributed by atoms with Crippen molar-refractivity contribution in [2.75, 3.05) is 13.2 Å². The van der Waals surface area contributed by atoms with Gasteiger partial charge in [-0.2, -0.15) is 0 Å². The van der Waals surface area contributed by atoms with Crippen molar-refractivity contribution in [3.05, 3.63) is 65.2 Å². The minimum Gasteiger partial charge on any atom is -0.508 e. The summed E-state index contributed by atoms with van der Waals surface area (Å²) in [5, 5.41) is 9.01. The van der Waals surface area contributed by atoms with Crippen LogP contribution in [0.3, 0.4) is 0 Å². The summed E-state index contributed by atoms with van der Waals surface area (Å²) in [6.07, 6.45) is 7.17. The second-order valence-corrected chi connectivity index (χ2v) is 11.6. The molecule has 1 saturated carbocycles. The van der Waals surface area contributed by atoms with Gasteiger partial charge < -0.3 is 14.6 Å². The lowest BCUT2D eigenvalue weighted by Crippen LogP contribution is -2.23. The van der Waals surface area contributed by atoms with Crippen molar-refractivity contribution in [1.82, 2.24) is 0 Å². The predicted molar refractivity (Wildman–Crippen MR) is 193 cm³/mol. The Morgan fingerprint density at radius 3 is 1.29 bits per heavy atom. The topological polar surface area (TPSA) is 38.7 Å².